The summed E-state index contributed by atoms with van der Waals surface area (Å²) in [6.07, 6.45) is 5.41. The van der Waals surface area contributed by atoms with E-state index in [1.165, 1.54) is 0 Å². The Labute approximate surface area is 119 Å². The van der Waals surface area contributed by atoms with Gasteiger partial charge in [-0.15, -0.1) is 6.42 Å². The van der Waals surface area contributed by atoms with Crippen LogP contribution in [0.2, 0.25) is 0 Å². The largest absolute Gasteiger partial charge is 0.356 e. The van der Waals surface area contributed by atoms with Crippen LogP contribution in [0.1, 0.15) is 12.5 Å². The lowest BCUT2D eigenvalue weighted by molar-refractivity contribution is -0.120. The van der Waals surface area contributed by atoms with Gasteiger partial charge < -0.3 is 10.6 Å². The van der Waals surface area contributed by atoms with Crippen LogP contribution in [-0.2, 0) is 16.0 Å². The van der Waals surface area contributed by atoms with E-state index in [2.05, 4.69) is 21.9 Å². The first-order valence-corrected chi connectivity index (χ1v) is 6.45. The van der Waals surface area contributed by atoms with Crippen LogP contribution in [0.15, 0.2) is 24.3 Å². The monoisotopic (exact) mass is 273 g/mol. The lowest BCUT2D eigenvalue weighted by Gasteiger charge is -2.07. The summed E-state index contributed by atoms with van der Waals surface area (Å²) in [4.78, 5) is 22.9. The van der Waals surface area contributed by atoms with Gasteiger partial charge in [0.05, 0.1) is 19.5 Å². The fourth-order valence-electron chi connectivity index (χ4n) is 1.60. The van der Waals surface area contributed by atoms with Gasteiger partial charge in [0.15, 0.2) is 0 Å². The third-order valence-corrected chi connectivity index (χ3v) is 2.49. The number of hydrogen-bond acceptors (Lipinski definition) is 3. The molecule has 0 saturated carbocycles. The molecule has 5 heteroatoms. The smallest absolute Gasteiger partial charge is 0.238 e. The minimum absolute atomic E-state index is 0.0113. The van der Waals surface area contributed by atoms with Crippen molar-refractivity contribution in [3.63, 3.8) is 0 Å². The summed E-state index contributed by atoms with van der Waals surface area (Å²) < 4.78 is 0. The van der Waals surface area contributed by atoms with Crippen LogP contribution in [0.3, 0.4) is 0 Å². The second kappa shape index (κ2) is 8.73. The molecule has 0 aliphatic carbocycles. The van der Waals surface area contributed by atoms with Crippen molar-refractivity contribution >= 4 is 17.5 Å². The molecule has 0 radical (unpaired) electrons. The van der Waals surface area contributed by atoms with Gasteiger partial charge in [-0.05, 0) is 24.6 Å². The Hall–Kier alpha value is -2.32. The molecule has 1 aromatic carbocycles. The van der Waals surface area contributed by atoms with Gasteiger partial charge in [-0.25, -0.2) is 0 Å². The third kappa shape index (κ3) is 6.03. The second-order valence-electron chi connectivity index (χ2n) is 4.18. The molecule has 0 saturated heterocycles. The molecule has 106 valence electrons. The molecule has 5 nitrogen and oxygen atoms in total. The minimum Gasteiger partial charge on any atom is -0.356 e. The van der Waals surface area contributed by atoms with Gasteiger partial charge in [0.25, 0.3) is 0 Å². The average Bonchev–Trinajstić information content (AvgIpc) is 2.41. The van der Waals surface area contributed by atoms with E-state index in [0.717, 1.165) is 5.56 Å². The van der Waals surface area contributed by atoms with Crippen LogP contribution < -0.4 is 16.0 Å². The Balaban J connectivity index is 2.44. The van der Waals surface area contributed by atoms with Crippen LogP contribution in [-0.4, -0.2) is 31.4 Å². The van der Waals surface area contributed by atoms with Gasteiger partial charge in [-0.3, -0.25) is 14.9 Å². The number of terminal acetylenes is 1. The maximum atomic E-state index is 11.5. The molecule has 0 bridgehead atoms. The van der Waals surface area contributed by atoms with Crippen molar-refractivity contribution in [2.24, 2.45) is 0 Å². The molecule has 0 aliphatic rings. The predicted octanol–water partition coefficient (Wildman–Crippen LogP) is 0.526. The number of amides is 2. The van der Waals surface area contributed by atoms with Crippen molar-refractivity contribution in [1.82, 2.24) is 10.6 Å². The van der Waals surface area contributed by atoms with Gasteiger partial charge >= 0.3 is 0 Å². The highest BCUT2D eigenvalue weighted by molar-refractivity contribution is 5.92. The molecule has 20 heavy (non-hydrogen) atoms. The lowest BCUT2D eigenvalue weighted by atomic mass is 10.1. The number of nitrogens with one attached hydrogen (secondary N) is 3. The highest BCUT2D eigenvalue weighted by Gasteiger charge is 2.04. The van der Waals surface area contributed by atoms with Crippen molar-refractivity contribution in [3.05, 3.63) is 29.8 Å². The molecule has 0 fully saturated rings. The second-order valence-corrected chi connectivity index (χ2v) is 4.18. The SMILES string of the molecule is C#CCNCC(=O)Nc1ccc(CC(=O)NCC)cc1. The molecule has 0 aliphatic heterocycles. The summed E-state index contributed by atoms with van der Waals surface area (Å²) in [7, 11) is 0. The molecule has 1 aromatic rings. The fourth-order valence-corrected chi connectivity index (χ4v) is 1.60. The fraction of sp³-hybridized carbons (Fsp3) is 0.333. The first-order chi connectivity index (χ1) is 9.65. The highest BCUT2D eigenvalue weighted by atomic mass is 16.2. The minimum atomic E-state index is -0.156. The Morgan fingerprint density at radius 3 is 2.50 bits per heavy atom. The Bertz CT molecular complexity index is 489. The van der Waals surface area contributed by atoms with Gasteiger partial charge in [0, 0.05) is 12.2 Å². The van der Waals surface area contributed by atoms with E-state index in [-0.39, 0.29) is 18.4 Å². The van der Waals surface area contributed by atoms with E-state index in [1.54, 1.807) is 12.1 Å². The normalized spacial score (nSPS) is 9.60. The molecule has 3 N–H and O–H groups in total. The van der Waals surface area contributed by atoms with Crippen molar-refractivity contribution < 1.29 is 9.59 Å². The summed E-state index contributed by atoms with van der Waals surface area (Å²) in [5, 5.41) is 8.28. The van der Waals surface area contributed by atoms with E-state index >= 15 is 0 Å². The number of carbonyl (C=O) groups excluding carboxylic acids is 2. The summed E-state index contributed by atoms with van der Waals surface area (Å²) >= 11 is 0. The number of carbonyl (C=O) groups is 2. The molecular weight excluding hydrogens is 254 g/mol. The third-order valence-electron chi connectivity index (χ3n) is 2.49. The average molecular weight is 273 g/mol. The number of benzene rings is 1. The van der Waals surface area contributed by atoms with Gasteiger partial charge in [-0.2, -0.15) is 0 Å². The van der Waals surface area contributed by atoms with E-state index in [1.807, 2.05) is 19.1 Å². The Morgan fingerprint density at radius 2 is 1.90 bits per heavy atom. The van der Waals surface area contributed by atoms with Crippen LogP contribution in [0, 0.1) is 12.3 Å². The highest BCUT2D eigenvalue weighted by Crippen LogP contribution is 2.09. The zero-order valence-corrected chi connectivity index (χ0v) is 11.5. The van der Waals surface area contributed by atoms with Crippen molar-refractivity contribution in [1.29, 1.82) is 0 Å². The van der Waals surface area contributed by atoms with Gasteiger partial charge in [-0.1, -0.05) is 18.1 Å². The molecule has 0 aromatic heterocycles. The molecule has 0 atom stereocenters. The lowest BCUT2D eigenvalue weighted by Crippen LogP contribution is -2.28. The van der Waals surface area contributed by atoms with Crippen molar-refractivity contribution in [3.8, 4) is 12.3 Å². The Kier molecular flexibility index (Phi) is 6.87. The standard InChI is InChI=1S/C15H19N3O2/c1-3-9-16-11-15(20)18-13-7-5-12(6-8-13)10-14(19)17-4-2/h1,5-8,16H,4,9-11H2,2H3,(H,17,19)(H,18,20). The molecule has 1 rings (SSSR count). The van der Waals surface area contributed by atoms with Crippen LogP contribution in [0.25, 0.3) is 0 Å². The van der Waals surface area contributed by atoms with Crippen LogP contribution in [0.5, 0.6) is 0 Å². The molecule has 2 amide bonds. The summed E-state index contributed by atoms with van der Waals surface area (Å²) in [6.45, 7) is 3.03. The van der Waals surface area contributed by atoms with E-state index in [9.17, 15) is 9.59 Å². The zero-order chi connectivity index (χ0) is 14.8. The molecule has 0 unspecified atom stereocenters. The first kappa shape index (κ1) is 15.7. The van der Waals surface area contributed by atoms with E-state index in [4.69, 9.17) is 6.42 Å². The van der Waals surface area contributed by atoms with Crippen LogP contribution in [0.4, 0.5) is 5.69 Å². The van der Waals surface area contributed by atoms with Gasteiger partial charge in [0.1, 0.15) is 0 Å². The number of likely N-dealkylation sites (N-methyl/N-ethyl adjacent to an activating group) is 1. The quantitative estimate of drug-likeness (QED) is 0.501. The van der Waals surface area contributed by atoms with Gasteiger partial charge in [0.2, 0.25) is 11.8 Å². The molecule has 0 spiro atoms. The van der Waals surface area contributed by atoms with Crippen LogP contribution >= 0.6 is 0 Å². The number of hydrogen-bond donors (Lipinski definition) is 3. The maximum Gasteiger partial charge on any atom is 0.238 e. The summed E-state index contributed by atoms with van der Waals surface area (Å²) in [5.41, 5.74) is 1.59. The Morgan fingerprint density at radius 1 is 1.20 bits per heavy atom. The predicted molar refractivity (Wildman–Crippen MR) is 79.2 cm³/mol. The molecular formula is C15H19N3O2. The topological polar surface area (TPSA) is 70.2 Å². The molecule has 0 heterocycles. The van der Waals surface area contributed by atoms with E-state index in [0.29, 0.717) is 25.2 Å². The summed E-state index contributed by atoms with van der Waals surface area (Å²) in [6, 6.07) is 7.18. The van der Waals surface area contributed by atoms with Crippen molar-refractivity contribution in [2.75, 3.05) is 25.0 Å². The first-order valence-electron chi connectivity index (χ1n) is 6.45. The van der Waals surface area contributed by atoms with E-state index < -0.39 is 0 Å². The number of rotatable bonds is 7. The van der Waals surface area contributed by atoms with Crippen molar-refractivity contribution in [2.45, 2.75) is 13.3 Å². The number of anilines is 1. The maximum absolute atomic E-state index is 11.5. The summed E-state index contributed by atoms with van der Waals surface area (Å²) in [5.74, 6) is 2.23. The zero-order valence-electron chi connectivity index (χ0n) is 11.5.